The third-order valence-corrected chi connectivity index (χ3v) is 5.12. The molecule has 0 unspecified atom stereocenters. The molecule has 0 aliphatic rings. The van der Waals surface area contributed by atoms with E-state index in [0.29, 0.717) is 23.2 Å². The van der Waals surface area contributed by atoms with E-state index >= 15 is 0 Å². The van der Waals surface area contributed by atoms with Crippen molar-refractivity contribution in [2.75, 3.05) is 6.54 Å². The topological polar surface area (TPSA) is 45.0 Å². The summed E-state index contributed by atoms with van der Waals surface area (Å²) in [6.45, 7) is 6.77. The van der Waals surface area contributed by atoms with Crippen LogP contribution in [0.15, 0.2) is 60.0 Å². The number of ether oxygens (including phenoxy) is 1. The molecule has 4 heteroatoms. The van der Waals surface area contributed by atoms with Crippen LogP contribution < -0.4 is 10.1 Å². The van der Waals surface area contributed by atoms with Gasteiger partial charge in [-0.15, -0.1) is 11.3 Å². The van der Waals surface area contributed by atoms with Gasteiger partial charge < -0.3 is 10.1 Å². The van der Waals surface area contributed by atoms with E-state index < -0.39 is 0 Å². The van der Waals surface area contributed by atoms with Crippen molar-refractivity contribution in [2.45, 2.75) is 27.0 Å². The van der Waals surface area contributed by atoms with Crippen molar-refractivity contribution in [3.63, 3.8) is 0 Å². The van der Waals surface area contributed by atoms with Gasteiger partial charge in [0.2, 0.25) is 0 Å². The minimum absolute atomic E-state index is 0.461. The Morgan fingerprint density at radius 2 is 1.74 bits per heavy atom. The predicted octanol–water partition coefficient (Wildman–Crippen LogP) is 5.61. The summed E-state index contributed by atoms with van der Waals surface area (Å²) in [5, 5.41) is 15.7. The lowest BCUT2D eigenvalue weighted by Gasteiger charge is -2.09. The Bertz CT molecular complexity index is 892. The molecule has 1 aromatic heterocycles. The fourth-order valence-corrected chi connectivity index (χ4v) is 3.67. The molecule has 2 aromatic carbocycles. The number of benzene rings is 2. The van der Waals surface area contributed by atoms with Gasteiger partial charge in [0.15, 0.2) is 5.06 Å². The third-order valence-electron chi connectivity index (χ3n) is 4.23. The van der Waals surface area contributed by atoms with Crippen molar-refractivity contribution in [1.82, 2.24) is 5.32 Å². The Kier molecular flexibility index (Phi) is 6.64. The molecule has 0 atom stereocenters. The largest absolute Gasteiger partial charge is 0.478 e. The molecular weight excluding hydrogens is 352 g/mol. The number of thiophene rings is 1. The van der Waals surface area contributed by atoms with Crippen LogP contribution >= 0.6 is 11.3 Å². The number of rotatable bonds is 8. The van der Waals surface area contributed by atoms with E-state index in [1.165, 1.54) is 16.9 Å². The van der Waals surface area contributed by atoms with Crippen LogP contribution in [-0.2, 0) is 13.2 Å². The molecule has 0 radical (unpaired) electrons. The Morgan fingerprint density at radius 1 is 1.04 bits per heavy atom. The Labute approximate surface area is 165 Å². The minimum Gasteiger partial charge on any atom is -0.478 e. The minimum atomic E-state index is 0.461. The third kappa shape index (κ3) is 5.19. The van der Waals surface area contributed by atoms with E-state index in [4.69, 9.17) is 4.74 Å². The summed E-state index contributed by atoms with van der Waals surface area (Å²) >= 11 is 1.48. The average molecular weight is 377 g/mol. The van der Waals surface area contributed by atoms with Gasteiger partial charge >= 0.3 is 0 Å². The zero-order chi connectivity index (χ0) is 19.1. The Morgan fingerprint density at radius 3 is 2.41 bits per heavy atom. The van der Waals surface area contributed by atoms with E-state index in [0.717, 1.165) is 29.8 Å². The molecule has 0 saturated heterocycles. The predicted molar refractivity (Wildman–Crippen MR) is 112 cm³/mol. The maximum atomic E-state index is 9.57. The van der Waals surface area contributed by atoms with Crippen LogP contribution in [0.3, 0.4) is 0 Å². The zero-order valence-electron chi connectivity index (χ0n) is 15.7. The summed E-state index contributed by atoms with van der Waals surface area (Å²) in [5.41, 5.74) is 4.95. The van der Waals surface area contributed by atoms with Gasteiger partial charge in [-0.3, -0.25) is 0 Å². The molecule has 0 bridgehead atoms. The van der Waals surface area contributed by atoms with Crippen LogP contribution in [0.1, 0.15) is 30.5 Å². The second-order valence-corrected chi connectivity index (χ2v) is 7.76. The molecule has 3 aromatic rings. The van der Waals surface area contributed by atoms with Crippen LogP contribution in [0.5, 0.6) is 5.06 Å². The quantitative estimate of drug-likeness (QED) is 0.556. The number of nitriles is 1. The summed E-state index contributed by atoms with van der Waals surface area (Å²) in [6, 6.07) is 20.7. The van der Waals surface area contributed by atoms with Gasteiger partial charge in [-0.25, -0.2) is 0 Å². The van der Waals surface area contributed by atoms with Crippen LogP contribution in [0.2, 0.25) is 0 Å². The Balaban J connectivity index is 1.62. The summed E-state index contributed by atoms with van der Waals surface area (Å²) in [7, 11) is 0. The number of hydrogen-bond donors (Lipinski definition) is 1. The first-order valence-electron chi connectivity index (χ1n) is 9.15. The molecular formula is C23H24N2OS. The lowest BCUT2D eigenvalue weighted by molar-refractivity contribution is 0.315. The molecule has 1 heterocycles. The van der Waals surface area contributed by atoms with Crippen molar-refractivity contribution in [1.29, 1.82) is 5.26 Å². The SMILES string of the molecule is CC(C)CNCc1ccc(COc2scc(-c3ccccc3)c2C#N)cc1. The molecule has 1 N–H and O–H groups in total. The van der Waals surface area contributed by atoms with Gasteiger partial charge in [-0.1, -0.05) is 68.4 Å². The summed E-state index contributed by atoms with van der Waals surface area (Å²) in [6.07, 6.45) is 0. The fourth-order valence-electron chi connectivity index (χ4n) is 2.79. The standard InChI is InChI=1S/C23H24N2OS/c1-17(2)13-25-14-18-8-10-19(11-9-18)15-26-23-21(12-24)22(16-27-23)20-6-4-3-5-7-20/h3-11,16-17,25H,13-15H2,1-2H3. The molecule has 27 heavy (non-hydrogen) atoms. The molecule has 0 fully saturated rings. The molecule has 3 rings (SSSR count). The van der Waals surface area contributed by atoms with Gasteiger partial charge in [-0.2, -0.15) is 5.26 Å². The van der Waals surface area contributed by atoms with Crippen molar-refractivity contribution in [3.05, 3.63) is 76.7 Å². The molecule has 138 valence electrons. The summed E-state index contributed by atoms with van der Waals surface area (Å²) < 4.78 is 5.95. The fraction of sp³-hybridized carbons (Fsp3) is 0.261. The van der Waals surface area contributed by atoms with Crippen LogP contribution in [0.4, 0.5) is 0 Å². The second-order valence-electron chi connectivity index (χ2n) is 6.92. The van der Waals surface area contributed by atoms with Crippen LogP contribution in [0, 0.1) is 17.2 Å². The maximum Gasteiger partial charge on any atom is 0.192 e. The summed E-state index contributed by atoms with van der Waals surface area (Å²) in [4.78, 5) is 0. The lowest BCUT2D eigenvalue weighted by Crippen LogP contribution is -2.18. The molecule has 0 spiro atoms. The average Bonchev–Trinajstić information content (AvgIpc) is 3.10. The maximum absolute atomic E-state index is 9.57. The van der Waals surface area contributed by atoms with Gasteiger partial charge in [0.25, 0.3) is 0 Å². The normalized spacial score (nSPS) is 10.7. The van der Waals surface area contributed by atoms with Crippen LogP contribution in [0.25, 0.3) is 11.1 Å². The first-order valence-corrected chi connectivity index (χ1v) is 10.0. The highest BCUT2D eigenvalue weighted by Gasteiger charge is 2.14. The second kappa shape index (κ2) is 9.36. The van der Waals surface area contributed by atoms with E-state index in [9.17, 15) is 5.26 Å². The van der Waals surface area contributed by atoms with Crippen molar-refractivity contribution in [2.24, 2.45) is 5.92 Å². The Hall–Kier alpha value is -2.61. The van der Waals surface area contributed by atoms with Crippen molar-refractivity contribution < 1.29 is 4.74 Å². The van der Waals surface area contributed by atoms with Gasteiger partial charge in [0.1, 0.15) is 18.2 Å². The molecule has 0 aliphatic heterocycles. The van der Waals surface area contributed by atoms with E-state index in [1.807, 2.05) is 35.7 Å². The lowest BCUT2D eigenvalue weighted by atomic mass is 10.1. The van der Waals surface area contributed by atoms with E-state index in [1.54, 1.807) is 0 Å². The highest BCUT2D eigenvalue weighted by atomic mass is 32.1. The highest BCUT2D eigenvalue weighted by Crippen LogP contribution is 2.37. The smallest absolute Gasteiger partial charge is 0.192 e. The number of nitrogens with zero attached hydrogens (tertiary/aromatic N) is 1. The van der Waals surface area contributed by atoms with Gasteiger partial charge in [0.05, 0.1) is 0 Å². The van der Waals surface area contributed by atoms with Gasteiger partial charge in [0, 0.05) is 17.5 Å². The van der Waals surface area contributed by atoms with Crippen molar-refractivity contribution in [3.8, 4) is 22.3 Å². The molecule has 0 aliphatic carbocycles. The van der Waals surface area contributed by atoms with Crippen LogP contribution in [-0.4, -0.2) is 6.54 Å². The highest BCUT2D eigenvalue weighted by molar-refractivity contribution is 7.12. The van der Waals surface area contributed by atoms with E-state index in [-0.39, 0.29) is 0 Å². The van der Waals surface area contributed by atoms with E-state index in [2.05, 4.69) is 49.5 Å². The first-order chi connectivity index (χ1) is 13.2. The zero-order valence-corrected chi connectivity index (χ0v) is 16.6. The molecule has 0 amide bonds. The van der Waals surface area contributed by atoms with Crippen molar-refractivity contribution >= 4 is 11.3 Å². The monoisotopic (exact) mass is 376 g/mol. The first kappa shape index (κ1) is 19.2. The number of hydrogen-bond acceptors (Lipinski definition) is 4. The van der Waals surface area contributed by atoms with Gasteiger partial charge in [-0.05, 0) is 29.2 Å². The molecule has 3 nitrogen and oxygen atoms in total. The molecule has 0 saturated carbocycles. The summed E-state index contributed by atoms with van der Waals surface area (Å²) in [5.74, 6) is 0.651. The number of nitrogens with one attached hydrogen (secondary N) is 1.